The Hall–Kier alpha value is -1.63. The van der Waals surface area contributed by atoms with Gasteiger partial charge >= 0.3 is 0 Å². The second kappa shape index (κ2) is 2.97. The van der Waals surface area contributed by atoms with Gasteiger partial charge in [-0.05, 0) is 0 Å². The number of methoxy groups -OCH3 is 1. The molecule has 0 atom stereocenters. The van der Waals surface area contributed by atoms with Crippen molar-refractivity contribution in [1.29, 1.82) is 5.26 Å². The number of hydrogen-bond donors (Lipinski definition) is 0. The number of rotatable bonds is 1. The number of ether oxygens (including phenoxy) is 1. The van der Waals surface area contributed by atoms with Crippen molar-refractivity contribution in [2.75, 3.05) is 7.11 Å². The lowest BCUT2D eigenvalue weighted by atomic mass is 10.3. The van der Waals surface area contributed by atoms with Crippen LogP contribution in [0.4, 0.5) is 4.39 Å². The zero-order valence-corrected chi connectivity index (χ0v) is 5.84. The molecule has 0 N–H and O–H groups in total. The number of nitrogens with zero attached hydrogens (tertiary/aromatic N) is 2. The quantitative estimate of drug-likeness (QED) is 0.605. The first-order valence-corrected chi connectivity index (χ1v) is 2.87. The van der Waals surface area contributed by atoms with Crippen LogP contribution in [0, 0.1) is 17.1 Å². The SMILES string of the molecule is COc1cc(F)cnc1C#N. The Morgan fingerprint density at radius 2 is 2.45 bits per heavy atom. The molecule has 1 heterocycles. The molecule has 0 bridgehead atoms. The molecule has 0 spiro atoms. The smallest absolute Gasteiger partial charge is 0.182 e. The maximum atomic E-state index is 12.4. The molecule has 0 aromatic carbocycles. The summed E-state index contributed by atoms with van der Waals surface area (Å²) in [7, 11) is 1.36. The minimum atomic E-state index is -0.513. The Kier molecular flexibility index (Phi) is 2.02. The fourth-order valence-corrected chi connectivity index (χ4v) is 0.660. The Morgan fingerprint density at radius 1 is 1.73 bits per heavy atom. The lowest BCUT2D eigenvalue weighted by molar-refractivity contribution is 0.407. The zero-order chi connectivity index (χ0) is 8.27. The van der Waals surface area contributed by atoms with Crippen molar-refractivity contribution < 1.29 is 9.13 Å². The second-order valence-corrected chi connectivity index (χ2v) is 1.82. The molecular formula is C7H5FN2O. The van der Waals surface area contributed by atoms with Gasteiger partial charge in [0, 0.05) is 6.07 Å². The van der Waals surface area contributed by atoms with Crippen molar-refractivity contribution in [1.82, 2.24) is 4.98 Å². The maximum absolute atomic E-state index is 12.4. The van der Waals surface area contributed by atoms with Crippen LogP contribution in [0.1, 0.15) is 5.69 Å². The fraction of sp³-hybridized carbons (Fsp3) is 0.143. The number of aromatic nitrogens is 1. The van der Waals surface area contributed by atoms with Gasteiger partial charge in [-0.15, -0.1) is 0 Å². The van der Waals surface area contributed by atoms with E-state index in [9.17, 15) is 4.39 Å². The Labute approximate surface area is 63.1 Å². The van der Waals surface area contributed by atoms with E-state index in [2.05, 4.69) is 4.98 Å². The Balaban J connectivity index is 3.19. The Bertz CT molecular complexity index is 306. The molecule has 0 unspecified atom stereocenters. The zero-order valence-electron chi connectivity index (χ0n) is 5.84. The third-order valence-electron chi connectivity index (χ3n) is 1.15. The van der Waals surface area contributed by atoms with Gasteiger partial charge in [-0.2, -0.15) is 5.26 Å². The van der Waals surface area contributed by atoms with Crippen LogP contribution in [0.25, 0.3) is 0 Å². The van der Waals surface area contributed by atoms with E-state index >= 15 is 0 Å². The minimum Gasteiger partial charge on any atom is -0.494 e. The lowest BCUT2D eigenvalue weighted by Crippen LogP contribution is -1.92. The summed E-state index contributed by atoms with van der Waals surface area (Å²) in [5, 5.41) is 8.43. The van der Waals surface area contributed by atoms with E-state index in [0.29, 0.717) is 0 Å². The second-order valence-electron chi connectivity index (χ2n) is 1.82. The normalized spacial score (nSPS) is 8.82. The third kappa shape index (κ3) is 1.44. The highest BCUT2D eigenvalue weighted by Crippen LogP contribution is 2.14. The molecule has 0 aliphatic carbocycles. The first-order valence-electron chi connectivity index (χ1n) is 2.87. The highest BCUT2D eigenvalue weighted by molar-refractivity contribution is 5.36. The van der Waals surface area contributed by atoms with Gasteiger partial charge < -0.3 is 4.74 Å². The van der Waals surface area contributed by atoms with Gasteiger partial charge in [0.2, 0.25) is 0 Å². The number of pyridine rings is 1. The molecule has 3 nitrogen and oxygen atoms in total. The van der Waals surface area contributed by atoms with Gasteiger partial charge in [0.05, 0.1) is 13.3 Å². The van der Waals surface area contributed by atoms with Gasteiger partial charge in [-0.25, -0.2) is 9.37 Å². The molecular weight excluding hydrogens is 147 g/mol. The molecule has 56 valence electrons. The van der Waals surface area contributed by atoms with Gasteiger partial charge in [-0.1, -0.05) is 0 Å². The van der Waals surface area contributed by atoms with E-state index in [1.165, 1.54) is 7.11 Å². The topological polar surface area (TPSA) is 45.9 Å². The van der Waals surface area contributed by atoms with Crippen LogP contribution >= 0.6 is 0 Å². The lowest BCUT2D eigenvalue weighted by Gasteiger charge is -1.99. The highest BCUT2D eigenvalue weighted by atomic mass is 19.1. The summed E-state index contributed by atoms with van der Waals surface area (Å²) in [5.41, 5.74) is 0.0916. The van der Waals surface area contributed by atoms with Crippen LogP contribution in [0.3, 0.4) is 0 Å². The number of halogens is 1. The predicted octanol–water partition coefficient (Wildman–Crippen LogP) is 1.10. The summed E-state index contributed by atoms with van der Waals surface area (Å²) in [6, 6.07) is 2.89. The summed E-state index contributed by atoms with van der Waals surface area (Å²) in [4.78, 5) is 3.51. The molecule has 4 heteroatoms. The standard InChI is InChI=1S/C7H5FN2O/c1-11-7-2-5(8)4-10-6(7)3-9/h2,4H,1H3. The van der Waals surface area contributed by atoms with Gasteiger partial charge in [0.25, 0.3) is 0 Å². The monoisotopic (exact) mass is 152 g/mol. The summed E-state index contributed by atoms with van der Waals surface area (Å²) < 4.78 is 17.1. The predicted molar refractivity (Wildman–Crippen MR) is 35.5 cm³/mol. The van der Waals surface area contributed by atoms with E-state index in [0.717, 1.165) is 12.3 Å². The average Bonchev–Trinajstić information content (AvgIpc) is 2.04. The van der Waals surface area contributed by atoms with Crippen LogP contribution in [0.15, 0.2) is 12.3 Å². The fourth-order valence-electron chi connectivity index (χ4n) is 0.660. The minimum absolute atomic E-state index is 0.0916. The maximum Gasteiger partial charge on any atom is 0.182 e. The van der Waals surface area contributed by atoms with Crippen LogP contribution in [-0.2, 0) is 0 Å². The molecule has 0 aliphatic heterocycles. The van der Waals surface area contributed by atoms with E-state index in [-0.39, 0.29) is 11.4 Å². The Morgan fingerprint density at radius 3 is 3.00 bits per heavy atom. The van der Waals surface area contributed by atoms with Crippen molar-refractivity contribution in [2.45, 2.75) is 0 Å². The first kappa shape index (κ1) is 7.48. The molecule has 1 aromatic rings. The van der Waals surface area contributed by atoms with Crippen LogP contribution in [0.2, 0.25) is 0 Å². The highest BCUT2D eigenvalue weighted by Gasteiger charge is 2.03. The molecule has 0 radical (unpaired) electrons. The van der Waals surface area contributed by atoms with Crippen LogP contribution in [-0.4, -0.2) is 12.1 Å². The summed E-state index contributed by atoms with van der Waals surface area (Å²) in [6.45, 7) is 0. The molecule has 1 rings (SSSR count). The van der Waals surface area contributed by atoms with Gasteiger partial charge in [-0.3, -0.25) is 0 Å². The average molecular weight is 152 g/mol. The molecule has 0 amide bonds. The number of hydrogen-bond acceptors (Lipinski definition) is 3. The van der Waals surface area contributed by atoms with E-state index in [4.69, 9.17) is 10.00 Å². The summed E-state index contributed by atoms with van der Waals surface area (Å²) in [5.74, 6) is -0.353. The third-order valence-corrected chi connectivity index (χ3v) is 1.15. The van der Waals surface area contributed by atoms with Crippen molar-refractivity contribution in [3.63, 3.8) is 0 Å². The van der Waals surface area contributed by atoms with Crippen LogP contribution < -0.4 is 4.74 Å². The number of nitriles is 1. The summed E-state index contributed by atoms with van der Waals surface area (Å²) in [6.07, 6.45) is 0.973. The van der Waals surface area contributed by atoms with Gasteiger partial charge in [0.15, 0.2) is 11.4 Å². The largest absolute Gasteiger partial charge is 0.494 e. The van der Waals surface area contributed by atoms with E-state index in [1.807, 2.05) is 0 Å². The molecule has 0 aliphatic rings. The molecule has 0 fully saturated rings. The van der Waals surface area contributed by atoms with E-state index in [1.54, 1.807) is 6.07 Å². The van der Waals surface area contributed by atoms with Crippen molar-refractivity contribution >= 4 is 0 Å². The van der Waals surface area contributed by atoms with Gasteiger partial charge in [0.1, 0.15) is 11.9 Å². The summed E-state index contributed by atoms with van der Waals surface area (Å²) >= 11 is 0. The first-order chi connectivity index (χ1) is 5.27. The van der Waals surface area contributed by atoms with Crippen molar-refractivity contribution in [2.24, 2.45) is 0 Å². The molecule has 11 heavy (non-hydrogen) atoms. The molecule has 1 aromatic heterocycles. The molecule has 0 saturated carbocycles. The molecule has 0 saturated heterocycles. The van der Waals surface area contributed by atoms with E-state index < -0.39 is 5.82 Å². The van der Waals surface area contributed by atoms with Crippen molar-refractivity contribution in [3.8, 4) is 11.8 Å². The van der Waals surface area contributed by atoms with Crippen LogP contribution in [0.5, 0.6) is 5.75 Å². The van der Waals surface area contributed by atoms with Crippen molar-refractivity contribution in [3.05, 3.63) is 23.8 Å².